The highest BCUT2D eigenvalue weighted by Crippen LogP contribution is 2.32. The van der Waals surface area contributed by atoms with Gasteiger partial charge in [-0.1, -0.05) is 31.0 Å². The number of halogens is 1. The summed E-state index contributed by atoms with van der Waals surface area (Å²) in [6, 6.07) is 6.28. The van der Waals surface area contributed by atoms with Crippen LogP contribution >= 0.6 is 11.6 Å². The van der Waals surface area contributed by atoms with E-state index in [0.29, 0.717) is 0 Å². The molecule has 0 spiro atoms. The highest BCUT2D eigenvalue weighted by Gasteiger charge is 2.24. The Morgan fingerprint density at radius 1 is 1.35 bits per heavy atom. The summed E-state index contributed by atoms with van der Waals surface area (Å²) in [5.41, 5.74) is 2.65. The average molecular weight is 295 g/mol. The van der Waals surface area contributed by atoms with E-state index in [2.05, 4.69) is 50.0 Å². The summed E-state index contributed by atoms with van der Waals surface area (Å²) in [4.78, 5) is 2.50. The standard InChI is InChI=1S/C17H27ClN2/c1-5-13-9-10-20(12-13)16-8-6-7-15(18)14(16)11-19-17(2,3)4/h6-8,13,19H,5,9-12H2,1-4H3. The summed E-state index contributed by atoms with van der Waals surface area (Å²) < 4.78 is 0. The molecule has 3 heteroatoms. The van der Waals surface area contributed by atoms with Crippen molar-refractivity contribution < 1.29 is 0 Å². The predicted molar refractivity (Wildman–Crippen MR) is 88.7 cm³/mol. The second-order valence-electron chi connectivity index (χ2n) is 6.85. The molecular weight excluding hydrogens is 268 g/mol. The van der Waals surface area contributed by atoms with Crippen LogP contribution in [0.15, 0.2) is 18.2 Å². The van der Waals surface area contributed by atoms with E-state index >= 15 is 0 Å². The molecule has 1 atom stereocenters. The van der Waals surface area contributed by atoms with Crippen LogP contribution in [-0.4, -0.2) is 18.6 Å². The van der Waals surface area contributed by atoms with Crippen LogP contribution in [0, 0.1) is 5.92 Å². The van der Waals surface area contributed by atoms with Gasteiger partial charge in [-0.3, -0.25) is 0 Å². The first-order chi connectivity index (χ1) is 9.40. The summed E-state index contributed by atoms with van der Waals surface area (Å²) in [5.74, 6) is 0.831. The molecule has 0 amide bonds. The van der Waals surface area contributed by atoms with Gasteiger partial charge in [-0.2, -0.15) is 0 Å². The first-order valence-corrected chi connectivity index (χ1v) is 8.06. The molecule has 1 unspecified atom stereocenters. The fourth-order valence-electron chi connectivity index (χ4n) is 2.76. The van der Waals surface area contributed by atoms with Crippen molar-refractivity contribution in [1.82, 2.24) is 5.32 Å². The molecule has 0 bridgehead atoms. The molecule has 0 aromatic heterocycles. The highest BCUT2D eigenvalue weighted by molar-refractivity contribution is 6.31. The lowest BCUT2D eigenvalue weighted by Crippen LogP contribution is -2.35. The second kappa shape index (κ2) is 6.36. The van der Waals surface area contributed by atoms with Gasteiger partial charge in [-0.15, -0.1) is 0 Å². The normalized spacial score (nSPS) is 19.6. The molecule has 1 saturated heterocycles. The summed E-state index contributed by atoms with van der Waals surface area (Å²) in [5, 5.41) is 4.43. The van der Waals surface area contributed by atoms with Crippen molar-refractivity contribution in [2.45, 2.75) is 52.6 Å². The van der Waals surface area contributed by atoms with E-state index in [0.717, 1.165) is 24.0 Å². The summed E-state index contributed by atoms with van der Waals surface area (Å²) >= 11 is 6.44. The van der Waals surface area contributed by atoms with Crippen molar-refractivity contribution in [2.24, 2.45) is 5.92 Å². The maximum atomic E-state index is 6.44. The molecular formula is C17H27ClN2. The topological polar surface area (TPSA) is 15.3 Å². The Kier molecular flexibility index (Phi) is 4.98. The first kappa shape index (κ1) is 15.7. The number of nitrogens with one attached hydrogen (secondary N) is 1. The Morgan fingerprint density at radius 2 is 2.10 bits per heavy atom. The number of nitrogens with zero attached hydrogens (tertiary/aromatic N) is 1. The molecule has 0 saturated carbocycles. The molecule has 112 valence electrons. The van der Waals surface area contributed by atoms with Crippen molar-refractivity contribution in [3.05, 3.63) is 28.8 Å². The van der Waals surface area contributed by atoms with Crippen molar-refractivity contribution >= 4 is 17.3 Å². The lowest BCUT2D eigenvalue weighted by Gasteiger charge is -2.26. The predicted octanol–water partition coefficient (Wildman–Crippen LogP) is 4.46. The highest BCUT2D eigenvalue weighted by atomic mass is 35.5. The Bertz CT molecular complexity index is 451. The largest absolute Gasteiger partial charge is 0.371 e. The molecule has 1 N–H and O–H groups in total. The number of anilines is 1. The number of rotatable bonds is 4. The average Bonchev–Trinajstić information content (AvgIpc) is 2.84. The van der Waals surface area contributed by atoms with Crippen molar-refractivity contribution in [2.75, 3.05) is 18.0 Å². The summed E-state index contributed by atoms with van der Waals surface area (Å²) in [7, 11) is 0. The van der Waals surface area contributed by atoms with Gasteiger partial charge in [-0.05, 0) is 45.2 Å². The van der Waals surface area contributed by atoms with Gasteiger partial charge in [0, 0.05) is 41.4 Å². The SMILES string of the molecule is CCC1CCN(c2cccc(Cl)c2CNC(C)(C)C)C1. The van der Waals surface area contributed by atoms with Crippen LogP contribution in [0.3, 0.4) is 0 Å². The lowest BCUT2D eigenvalue weighted by atomic mass is 10.1. The quantitative estimate of drug-likeness (QED) is 0.882. The van der Waals surface area contributed by atoms with E-state index in [1.165, 1.54) is 30.6 Å². The van der Waals surface area contributed by atoms with Crippen LogP contribution in [0.2, 0.25) is 5.02 Å². The van der Waals surface area contributed by atoms with E-state index in [1.807, 2.05) is 6.07 Å². The maximum absolute atomic E-state index is 6.44. The Hall–Kier alpha value is -0.730. The van der Waals surface area contributed by atoms with Gasteiger partial charge in [0.25, 0.3) is 0 Å². The second-order valence-corrected chi connectivity index (χ2v) is 7.26. The van der Waals surface area contributed by atoms with Crippen LogP contribution in [0.5, 0.6) is 0 Å². The van der Waals surface area contributed by atoms with E-state index < -0.39 is 0 Å². The van der Waals surface area contributed by atoms with Crippen LogP contribution in [0.4, 0.5) is 5.69 Å². The molecule has 0 radical (unpaired) electrons. The molecule has 0 aliphatic carbocycles. The molecule has 1 heterocycles. The van der Waals surface area contributed by atoms with E-state index in [4.69, 9.17) is 11.6 Å². The third-order valence-electron chi connectivity index (χ3n) is 4.09. The fraction of sp³-hybridized carbons (Fsp3) is 0.647. The van der Waals surface area contributed by atoms with E-state index in [9.17, 15) is 0 Å². The third kappa shape index (κ3) is 3.89. The lowest BCUT2D eigenvalue weighted by molar-refractivity contribution is 0.424. The molecule has 2 nitrogen and oxygen atoms in total. The monoisotopic (exact) mass is 294 g/mol. The Morgan fingerprint density at radius 3 is 2.70 bits per heavy atom. The Balaban J connectivity index is 2.18. The number of hydrogen-bond acceptors (Lipinski definition) is 2. The van der Waals surface area contributed by atoms with Crippen molar-refractivity contribution in [3.8, 4) is 0 Å². The summed E-state index contributed by atoms with van der Waals surface area (Å²) in [6.45, 7) is 12.0. The number of benzene rings is 1. The molecule has 2 rings (SSSR count). The van der Waals surface area contributed by atoms with Gasteiger partial charge in [-0.25, -0.2) is 0 Å². The minimum atomic E-state index is 0.105. The summed E-state index contributed by atoms with van der Waals surface area (Å²) in [6.07, 6.45) is 2.57. The van der Waals surface area contributed by atoms with Crippen LogP contribution < -0.4 is 10.2 Å². The van der Waals surface area contributed by atoms with Crippen LogP contribution in [-0.2, 0) is 6.54 Å². The zero-order chi connectivity index (χ0) is 14.8. The zero-order valence-corrected chi connectivity index (χ0v) is 13.9. The van der Waals surface area contributed by atoms with Gasteiger partial charge in [0.15, 0.2) is 0 Å². The fourth-order valence-corrected chi connectivity index (χ4v) is 2.99. The van der Waals surface area contributed by atoms with E-state index in [-0.39, 0.29) is 5.54 Å². The molecule has 1 fully saturated rings. The van der Waals surface area contributed by atoms with Crippen LogP contribution in [0.1, 0.15) is 46.1 Å². The molecule has 20 heavy (non-hydrogen) atoms. The molecule has 1 aromatic carbocycles. The number of hydrogen-bond donors (Lipinski definition) is 1. The molecule has 1 aliphatic heterocycles. The van der Waals surface area contributed by atoms with Gasteiger partial charge < -0.3 is 10.2 Å². The van der Waals surface area contributed by atoms with Gasteiger partial charge in [0.2, 0.25) is 0 Å². The first-order valence-electron chi connectivity index (χ1n) is 7.68. The Labute approximate surface area is 128 Å². The minimum absolute atomic E-state index is 0.105. The van der Waals surface area contributed by atoms with Crippen molar-refractivity contribution in [3.63, 3.8) is 0 Å². The van der Waals surface area contributed by atoms with Gasteiger partial charge in [0.1, 0.15) is 0 Å². The minimum Gasteiger partial charge on any atom is -0.371 e. The maximum Gasteiger partial charge on any atom is 0.0471 e. The van der Waals surface area contributed by atoms with Gasteiger partial charge in [0.05, 0.1) is 0 Å². The molecule has 1 aliphatic rings. The van der Waals surface area contributed by atoms with Gasteiger partial charge >= 0.3 is 0 Å². The molecule has 1 aromatic rings. The van der Waals surface area contributed by atoms with Crippen LogP contribution in [0.25, 0.3) is 0 Å². The third-order valence-corrected chi connectivity index (χ3v) is 4.45. The zero-order valence-electron chi connectivity index (χ0n) is 13.2. The smallest absolute Gasteiger partial charge is 0.0471 e. The van der Waals surface area contributed by atoms with E-state index in [1.54, 1.807) is 0 Å². The van der Waals surface area contributed by atoms with Crippen molar-refractivity contribution in [1.29, 1.82) is 0 Å².